The highest BCUT2D eigenvalue weighted by molar-refractivity contribution is 7.80. The molecule has 0 aliphatic carbocycles. The second kappa shape index (κ2) is 11.5. The van der Waals surface area contributed by atoms with Crippen LogP contribution in [0.4, 0.5) is 11.6 Å². The van der Waals surface area contributed by atoms with E-state index in [1.54, 1.807) is 0 Å². The van der Waals surface area contributed by atoms with Gasteiger partial charge in [-0.3, -0.25) is 10.2 Å². The van der Waals surface area contributed by atoms with Crippen LogP contribution in [0.5, 0.6) is 11.5 Å². The third kappa shape index (κ3) is 6.50. The highest BCUT2D eigenvalue weighted by Crippen LogP contribution is 2.33. The van der Waals surface area contributed by atoms with Gasteiger partial charge in [0.1, 0.15) is 0 Å². The maximum absolute atomic E-state index is 6.40. The molecule has 0 radical (unpaired) electrons. The van der Waals surface area contributed by atoms with Crippen LogP contribution in [0.15, 0.2) is 47.5 Å². The molecule has 0 saturated carbocycles. The number of piperazine rings is 1. The van der Waals surface area contributed by atoms with Gasteiger partial charge in [0.15, 0.2) is 11.5 Å². The molecule has 38 heavy (non-hydrogen) atoms. The van der Waals surface area contributed by atoms with Crippen LogP contribution in [0, 0.1) is 20.8 Å². The van der Waals surface area contributed by atoms with Gasteiger partial charge in [0.25, 0.3) is 0 Å². The number of fused-ring (bicyclic) bond motifs is 1. The molecule has 0 atom stereocenters. The Morgan fingerprint density at radius 3 is 2.42 bits per heavy atom. The lowest BCUT2D eigenvalue weighted by atomic mass is 10.1. The number of rotatable bonds is 4. The van der Waals surface area contributed by atoms with Crippen molar-refractivity contribution in [2.45, 2.75) is 27.3 Å². The average molecular weight is 552 g/mol. The van der Waals surface area contributed by atoms with Crippen LogP contribution in [0.25, 0.3) is 0 Å². The largest absolute Gasteiger partial charge is 0.454 e. The van der Waals surface area contributed by atoms with Crippen LogP contribution in [0.2, 0.25) is 5.02 Å². The number of benzene rings is 2. The van der Waals surface area contributed by atoms with Gasteiger partial charge >= 0.3 is 0 Å². The van der Waals surface area contributed by atoms with E-state index in [1.807, 2.05) is 51.1 Å². The predicted octanol–water partition coefficient (Wildman–Crippen LogP) is 4.77. The molecule has 2 aliphatic rings. The fourth-order valence-electron chi connectivity index (χ4n) is 4.44. The molecule has 0 unspecified atom stereocenters. The van der Waals surface area contributed by atoms with E-state index in [2.05, 4.69) is 42.5 Å². The topological polar surface area (TPSA) is 87.1 Å². The lowest BCUT2D eigenvalue weighted by Crippen LogP contribution is -2.50. The van der Waals surface area contributed by atoms with E-state index in [0.717, 1.165) is 61.2 Å². The third-order valence-electron chi connectivity index (χ3n) is 6.29. The van der Waals surface area contributed by atoms with E-state index < -0.39 is 0 Å². The Morgan fingerprint density at radius 1 is 0.947 bits per heavy atom. The van der Waals surface area contributed by atoms with Gasteiger partial charge in [-0.2, -0.15) is 4.99 Å². The first-order valence-corrected chi connectivity index (χ1v) is 13.2. The number of hydrogen-bond donors (Lipinski definition) is 2. The molecule has 0 amide bonds. The highest BCUT2D eigenvalue weighted by Gasteiger charge is 2.22. The smallest absolute Gasteiger partial charge is 0.231 e. The summed E-state index contributed by atoms with van der Waals surface area (Å²) in [6.07, 6.45) is 0. The number of anilines is 2. The molecular weight excluding hydrogens is 522 g/mol. The first-order chi connectivity index (χ1) is 18.3. The van der Waals surface area contributed by atoms with E-state index in [1.165, 1.54) is 5.56 Å². The quantitative estimate of drug-likeness (QED) is 0.270. The summed E-state index contributed by atoms with van der Waals surface area (Å²) in [5.41, 5.74) is 4.73. The van der Waals surface area contributed by atoms with Gasteiger partial charge in [-0.05, 0) is 74.4 Å². The van der Waals surface area contributed by atoms with Gasteiger partial charge in [0, 0.05) is 44.1 Å². The maximum Gasteiger partial charge on any atom is 0.231 e. The Kier molecular flexibility index (Phi) is 7.92. The molecule has 3 aromatic rings. The summed E-state index contributed by atoms with van der Waals surface area (Å²) < 4.78 is 11.0. The molecule has 3 heterocycles. The molecule has 5 rings (SSSR count). The minimum Gasteiger partial charge on any atom is -0.454 e. The summed E-state index contributed by atoms with van der Waals surface area (Å²) in [6.45, 7) is 10.2. The lowest BCUT2D eigenvalue weighted by molar-refractivity contribution is 0.172. The van der Waals surface area contributed by atoms with Crippen molar-refractivity contribution < 1.29 is 9.47 Å². The molecule has 9 nitrogen and oxygen atoms in total. The second-order valence-corrected chi connectivity index (χ2v) is 10.2. The third-order valence-corrected chi connectivity index (χ3v) is 6.80. The number of ether oxygens (including phenoxy) is 2. The molecule has 198 valence electrons. The van der Waals surface area contributed by atoms with Crippen molar-refractivity contribution >= 4 is 46.5 Å². The minimum absolute atomic E-state index is 0.281. The summed E-state index contributed by atoms with van der Waals surface area (Å²) in [4.78, 5) is 18.4. The van der Waals surface area contributed by atoms with Crippen LogP contribution in [0.1, 0.15) is 22.5 Å². The van der Waals surface area contributed by atoms with E-state index in [4.69, 9.17) is 38.3 Å². The number of aliphatic imine (C=N–C) groups is 1. The van der Waals surface area contributed by atoms with Crippen molar-refractivity contribution in [3.05, 3.63) is 70.0 Å². The summed E-state index contributed by atoms with van der Waals surface area (Å²) in [5.74, 6) is 2.69. The number of aromatic nitrogens is 2. The van der Waals surface area contributed by atoms with Crippen LogP contribution in [-0.4, -0.2) is 63.8 Å². The summed E-state index contributed by atoms with van der Waals surface area (Å²) in [7, 11) is 0. The van der Waals surface area contributed by atoms with Crippen LogP contribution >= 0.6 is 23.8 Å². The van der Waals surface area contributed by atoms with E-state index in [-0.39, 0.29) is 6.79 Å². The number of guanidine groups is 1. The van der Waals surface area contributed by atoms with E-state index >= 15 is 0 Å². The predicted molar refractivity (Wildman–Crippen MR) is 154 cm³/mol. The van der Waals surface area contributed by atoms with Gasteiger partial charge in [0.2, 0.25) is 23.8 Å². The monoisotopic (exact) mass is 551 g/mol. The van der Waals surface area contributed by atoms with Crippen molar-refractivity contribution in [3.63, 3.8) is 0 Å². The number of nitrogens with zero attached hydrogens (tertiary/aromatic N) is 5. The number of hydrogen-bond acceptors (Lipinski definition) is 6. The second-order valence-electron chi connectivity index (χ2n) is 9.40. The van der Waals surface area contributed by atoms with Crippen LogP contribution < -0.4 is 20.1 Å². The average Bonchev–Trinajstić information content (AvgIpc) is 3.33. The first kappa shape index (κ1) is 26.1. The molecule has 0 spiro atoms. The minimum atomic E-state index is 0.281. The van der Waals surface area contributed by atoms with Crippen molar-refractivity contribution in [3.8, 4) is 11.5 Å². The molecule has 1 saturated heterocycles. The normalized spacial score (nSPS) is 15.5. The van der Waals surface area contributed by atoms with Gasteiger partial charge in [-0.25, -0.2) is 9.97 Å². The molecule has 1 aromatic heterocycles. The molecule has 0 bridgehead atoms. The molecule has 2 aliphatic heterocycles. The molecule has 11 heteroatoms. The Balaban J connectivity index is 1.29. The number of aryl methyl sites for hydroxylation is 3. The summed E-state index contributed by atoms with van der Waals surface area (Å²) >= 11 is 12.0. The SMILES string of the molecule is Cc1ccc(NC(=S)/N=C(/Nc2nc(C)cc(C)n2)N2CCN(Cc3ccc4c(c3)OCO4)CC2)c(Cl)c1. The summed E-state index contributed by atoms with van der Waals surface area (Å²) in [5, 5.41) is 7.34. The number of nitrogens with one attached hydrogen (secondary N) is 2. The van der Waals surface area contributed by atoms with Gasteiger partial charge in [0.05, 0.1) is 10.7 Å². The molecule has 2 N–H and O–H groups in total. The van der Waals surface area contributed by atoms with Crippen molar-refractivity contribution in [2.24, 2.45) is 4.99 Å². The molecule has 2 aromatic carbocycles. The van der Waals surface area contributed by atoms with E-state index in [9.17, 15) is 0 Å². The zero-order chi connectivity index (χ0) is 26.6. The number of thiocarbonyl (C=S) groups is 1. The van der Waals surface area contributed by atoms with Crippen LogP contribution in [-0.2, 0) is 6.54 Å². The van der Waals surface area contributed by atoms with Crippen molar-refractivity contribution in [1.82, 2.24) is 19.8 Å². The Labute approximate surface area is 232 Å². The Hall–Kier alpha value is -3.47. The van der Waals surface area contributed by atoms with Crippen molar-refractivity contribution in [1.29, 1.82) is 0 Å². The Bertz CT molecular complexity index is 1360. The standard InChI is InChI=1S/C27H30ClN7O2S/c1-17-4-6-22(21(28)12-17)31-27(38)33-26(32-25-29-18(2)13-19(3)30-25)35-10-8-34(9-11-35)15-20-5-7-23-24(14-20)37-16-36-23/h4-7,12-14H,8-11,15-16H2,1-3H3,(H2,29,30,31,32,33,38). The zero-order valence-electron chi connectivity index (χ0n) is 21.6. The van der Waals surface area contributed by atoms with E-state index in [0.29, 0.717) is 27.7 Å². The van der Waals surface area contributed by atoms with Gasteiger partial charge in [-0.1, -0.05) is 23.7 Å². The van der Waals surface area contributed by atoms with Crippen molar-refractivity contribution in [2.75, 3.05) is 43.6 Å². The zero-order valence-corrected chi connectivity index (χ0v) is 23.2. The fourth-order valence-corrected chi connectivity index (χ4v) is 4.91. The fraction of sp³-hybridized carbons (Fsp3) is 0.333. The first-order valence-electron chi connectivity index (χ1n) is 12.4. The summed E-state index contributed by atoms with van der Waals surface area (Å²) in [6, 6.07) is 13.8. The number of halogens is 1. The van der Waals surface area contributed by atoms with Gasteiger partial charge < -0.3 is 19.7 Å². The highest BCUT2D eigenvalue weighted by atomic mass is 35.5. The molecule has 1 fully saturated rings. The lowest BCUT2D eigenvalue weighted by Gasteiger charge is -2.36. The van der Waals surface area contributed by atoms with Crippen LogP contribution in [0.3, 0.4) is 0 Å². The Morgan fingerprint density at radius 2 is 1.68 bits per heavy atom. The maximum atomic E-state index is 6.40. The van der Waals surface area contributed by atoms with Gasteiger partial charge in [-0.15, -0.1) is 0 Å². The molecular formula is C27H30ClN7O2S.